The molecule has 1 atom stereocenters. The van der Waals surface area contributed by atoms with Gasteiger partial charge >= 0.3 is 0 Å². The Morgan fingerprint density at radius 3 is 2.54 bits per heavy atom. The Morgan fingerprint density at radius 2 is 1.78 bits per heavy atom. The largest absolute Gasteiger partial charge is 0.489 e. The van der Waals surface area contributed by atoms with Crippen molar-refractivity contribution in [3.8, 4) is 5.75 Å². The number of anilines is 1. The zero-order valence-corrected chi connectivity index (χ0v) is 22.6. The molecule has 2 heterocycles. The van der Waals surface area contributed by atoms with Crippen molar-refractivity contribution in [3.63, 3.8) is 0 Å². The normalized spacial score (nSPS) is 14.8. The van der Waals surface area contributed by atoms with Gasteiger partial charge in [0.2, 0.25) is 11.1 Å². The summed E-state index contributed by atoms with van der Waals surface area (Å²) in [4.78, 5) is 17.6. The summed E-state index contributed by atoms with van der Waals surface area (Å²) in [7, 11) is 0. The summed E-state index contributed by atoms with van der Waals surface area (Å²) >= 11 is 13.8. The van der Waals surface area contributed by atoms with E-state index in [4.69, 9.17) is 38.0 Å². The van der Waals surface area contributed by atoms with Crippen molar-refractivity contribution in [2.24, 2.45) is 0 Å². The van der Waals surface area contributed by atoms with Crippen molar-refractivity contribution in [3.05, 3.63) is 111 Å². The Morgan fingerprint density at radius 1 is 1.05 bits per heavy atom. The smallest absolute Gasteiger partial charge is 0.227 e. The van der Waals surface area contributed by atoms with Crippen LogP contribution in [0.15, 0.2) is 89.2 Å². The molecule has 1 aliphatic heterocycles. The van der Waals surface area contributed by atoms with Gasteiger partial charge in [-0.2, -0.15) is 4.98 Å². The number of aromatic nitrogens is 3. The Labute approximate surface area is 229 Å². The molecule has 0 fully saturated rings. The Balaban J connectivity index is 1.48. The number of nitrogens with one attached hydrogen (secondary N) is 1. The lowest BCUT2D eigenvalue weighted by molar-refractivity contribution is -0.114. The molecule has 1 N–H and O–H groups in total. The molecule has 3 aromatic carbocycles. The summed E-state index contributed by atoms with van der Waals surface area (Å²) in [6.07, 6.45) is 0. The minimum atomic E-state index is -0.489. The molecule has 0 amide bonds. The molecule has 0 radical (unpaired) electrons. The van der Waals surface area contributed by atoms with Crippen LogP contribution in [-0.4, -0.2) is 20.5 Å². The number of thioether (sulfide) groups is 1. The molecule has 37 heavy (non-hydrogen) atoms. The number of Topliss-reactive ketones (excluding diaryl/α,β-unsaturated/α-hetero) is 1. The van der Waals surface area contributed by atoms with Crippen LogP contribution < -0.4 is 10.1 Å². The van der Waals surface area contributed by atoms with Gasteiger partial charge in [0.25, 0.3) is 0 Å². The molecule has 4 aromatic rings. The van der Waals surface area contributed by atoms with Crippen LogP contribution in [0.4, 0.5) is 5.95 Å². The van der Waals surface area contributed by atoms with Gasteiger partial charge in [0.15, 0.2) is 5.78 Å². The first-order valence-electron chi connectivity index (χ1n) is 11.7. The van der Waals surface area contributed by atoms with E-state index in [0.717, 1.165) is 22.4 Å². The molecule has 0 saturated carbocycles. The third-order valence-electron chi connectivity index (χ3n) is 6.05. The van der Waals surface area contributed by atoms with Gasteiger partial charge in [0.1, 0.15) is 18.4 Å². The van der Waals surface area contributed by atoms with Crippen molar-refractivity contribution < 1.29 is 9.53 Å². The first kappa shape index (κ1) is 25.4. The summed E-state index contributed by atoms with van der Waals surface area (Å²) in [6, 6.07) is 22.5. The Bertz CT molecular complexity index is 1480. The number of ether oxygens (including phenoxy) is 1. The lowest BCUT2D eigenvalue weighted by atomic mass is 9.92. The maximum atomic E-state index is 12.8. The highest BCUT2D eigenvalue weighted by atomic mass is 35.5. The van der Waals surface area contributed by atoms with Crippen LogP contribution in [0.5, 0.6) is 5.75 Å². The van der Waals surface area contributed by atoms with Crippen LogP contribution in [-0.2, 0) is 17.2 Å². The van der Waals surface area contributed by atoms with E-state index in [0.29, 0.717) is 44.8 Å². The van der Waals surface area contributed by atoms with E-state index >= 15 is 0 Å². The molecule has 1 aromatic heterocycles. The Kier molecular flexibility index (Phi) is 7.55. The number of nitrogens with zero attached hydrogens (tertiary/aromatic N) is 3. The summed E-state index contributed by atoms with van der Waals surface area (Å²) in [5, 5.41) is 10.0. The highest BCUT2D eigenvalue weighted by Crippen LogP contribution is 2.40. The van der Waals surface area contributed by atoms with E-state index in [-0.39, 0.29) is 5.78 Å². The molecule has 6 nitrogen and oxygen atoms in total. The van der Waals surface area contributed by atoms with Crippen molar-refractivity contribution in [2.45, 2.75) is 37.4 Å². The average molecular weight is 551 g/mol. The number of benzene rings is 3. The molecule has 188 valence electrons. The predicted molar refractivity (Wildman–Crippen MR) is 148 cm³/mol. The third-order valence-corrected chi connectivity index (χ3v) is 7.56. The van der Waals surface area contributed by atoms with Crippen LogP contribution in [0.2, 0.25) is 10.0 Å². The van der Waals surface area contributed by atoms with Crippen molar-refractivity contribution >= 4 is 46.7 Å². The fraction of sp³-hybridized carbons (Fsp3) is 0.179. The second-order valence-electron chi connectivity index (χ2n) is 8.62. The summed E-state index contributed by atoms with van der Waals surface area (Å²) in [5.74, 6) is 1.82. The van der Waals surface area contributed by atoms with E-state index in [1.165, 1.54) is 11.8 Å². The molecular weight excluding hydrogens is 527 g/mol. The van der Waals surface area contributed by atoms with Gasteiger partial charge in [0.05, 0.1) is 0 Å². The number of carbonyl (C=O) groups excluding carboxylic acids is 1. The van der Waals surface area contributed by atoms with Crippen LogP contribution in [0.25, 0.3) is 0 Å². The second kappa shape index (κ2) is 11.0. The molecule has 9 heteroatoms. The monoisotopic (exact) mass is 550 g/mol. The SMILES string of the molecule is CC(=O)C1=C(C)Nc2nc(SCc3ccccc3Cl)nn2C1c1ccccc1OCc1ccc(Cl)cc1. The van der Waals surface area contributed by atoms with Gasteiger partial charge in [-0.25, -0.2) is 4.68 Å². The summed E-state index contributed by atoms with van der Waals surface area (Å²) in [5.41, 5.74) is 4.18. The van der Waals surface area contributed by atoms with Gasteiger partial charge in [-0.3, -0.25) is 4.79 Å². The van der Waals surface area contributed by atoms with E-state index in [1.807, 2.05) is 79.7 Å². The van der Waals surface area contributed by atoms with Crippen LogP contribution in [0.3, 0.4) is 0 Å². The summed E-state index contributed by atoms with van der Waals surface area (Å²) < 4.78 is 8.01. The van der Waals surface area contributed by atoms with E-state index in [9.17, 15) is 4.79 Å². The van der Waals surface area contributed by atoms with Gasteiger partial charge in [-0.15, -0.1) is 5.10 Å². The number of halogens is 2. The number of allylic oxidation sites excluding steroid dienone is 2. The number of rotatable bonds is 8. The van der Waals surface area contributed by atoms with Crippen LogP contribution in [0.1, 0.15) is 36.6 Å². The predicted octanol–water partition coefficient (Wildman–Crippen LogP) is 7.33. The average Bonchev–Trinajstić information content (AvgIpc) is 3.29. The van der Waals surface area contributed by atoms with Crippen LogP contribution in [0, 0.1) is 0 Å². The number of ketones is 1. The summed E-state index contributed by atoms with van der Waals surface area (Å²) in [6.45, 7) is 3.82. The molecular formula is C28H24Cl2N4O2S. The minimum Gasteiger partial charge on any atom is -0.489 e. The van der Waals surface area contributed by atoms with Gasteiger partial charge < -0.3 is 10.1 Å². The Hall–Kier alpha value is -3.26. The van der Waals surface area contributed by atoms with Crippen molar-refractivity contribution in [1.82, 2.24) is 14.8 Å². The maximum Gasteiger partial charge on any atom is 0.227 e. The van der Waals surface area contributed by atoms with Gasteiger partial charge in [0, 0.05) is 32.6 Å². The van der Waals surface area contributed by atoms with E-state index in [1.54, 1.807) is 11.6 Å². The van der Waals surface area contributed by atoms with Crippen molar-refractivity contribution in [2.75, 3.05) is 5.32 Å². The molecule has 0 bridgehead atoms. The highest BCUT2D eigenvalue weighted by molar-refractivity contribution is 7.98. The zero-order valence-electron chi connectivity index (χ0n) is 20.2. The van der Waals surface area contributed by atoms with Gasteiger partial charge in [-0.1, -0.05) is 83.5 Å². The zero-order chi connectivity index (χ0) is 25.9. The van der Waals surface area contributed by atoms with Crippen molar-refractivity contribution in [1.29, 1.82) is 0 Å². The molecule has 5 rings (SSSR count). The highest BCUT2D eigenvalue weighted by Gasteiger charge is 2.34. The fourth-order valence-electron chi connectivity index (χ4n) is 4.27. The second-order valence-corrected chi connectivity index (χ2v) is 10.4. The lowest BCUT2D eigenvalue weighted by Crippen LogP contribution is -2.28. The van der Waals surface area contributed by atoms with Crippen LogP contribution >= 0.6 is 35.0 Å². The standard InChI is InChI=1S/C28H24Cl2N4O2S/c1-17-25(18(2)35)26(22-8-4-6-10-24(22)36-15-19-11-13-21(29)14-12-19)34-27(31-17)32-28(33-34)37-16-20-7-3-5-9-23(20)30/h3-14,26H,15-16H2,1-2H3,(H,31,32,33). The lowest BCUT2D eigenvalue weighted by Gasteiger charge is -2.29. The number of hydrogen-bond donors (Lipinski definition) is 1. The molecule has 1 unspecified atom stereocenters. The van der Waals surface area contributed by atoms with Gasteiger partial charge in [-0.05, 0) is 49.2 Å². The van der Waals surface area contributed by atoms with E-state index < -0.39 is 6.04 Å². The number of hydrogen-bond acceptors (Lipinski definition) is 6. The fourth-order valence-corrected chi connectivity index (χ4v) is 5.51. The number of fused-ring (bicyclic) bond motifs is 1. The molecule has 0 aliphatic carbocycles. The molecule has 1 aliphatic rings. The first-order valence-corrected chi connectivity index (χ1v) is 13.4. The molecule has 0 spiro atoms. The maximum absolute atomic E-state index is 12.8. The quantitative estimate of drug-likeness (QED) is 0.231. The number of carbonyl (C=O) groups is 1. The molecule has 0 saturated heterocycles. The van der Waals surface area contributed by atoms with E-state index in [2.05, 4.69) is 5.32 Å². The third kappa shape index (κ3) is 5.54. The first-order chi connectivity index (χ1) is 17.9. The topological polar surface area (TPSA) is 69.0 Å². The number of para-hydroxylation sites is 1. The minimum absolute atomic E-state index is 0.0473.